The molecular weight excluding hydrogens is 270 g/mol. The first kappa shape index (κ1) is 13.2. The molecular formula is C11H15N3O2S2. The third-order valence-corrected chi connectivity index (χ3v) is 5.53. The lowest BCUT2D eigenvalue weighted by Gasteiger charge is -2.11. The van der Waals surface area contributed by atoms with E-state index >= 15 is 0 Å². The molecule has 0 saturated carbocycles. The fourth-order valence-corrected chi connectivity index (χ4v) is 3.84. The number of nitrogens with zero attached hydrogens (tertiary/aromatic N) is 1. The van der Waals surface area contributed by atoms with Gasteiger partial charge in [0, 0.05) is 18.3 Å². The van der Waals surface area contributed by atoms with Crippen LogP contribution in [0.15, 0.2) is 18.3 Å². The number of thiocarbonyl (C=S) groups is 1. The van der Waals surface area contributed by atoms with Crippen molar-refractivity contribution in [2.75, 3.05) is 17.6 Å². The molecule has 1 aliphatic heterocycles. The lowest BCUT2D eigenvalue weighted by molar-refractivity contribution is 0.591. The first-order valence-electron chi connectivity index (χ1n) is 5.70. The van der Waals surface area contributed by atoms with E-state index in [0.717, 1.165) is 12.8 Å². The lowest BCUT2D eigenvalue weighted by atomic mass is 10.2. The predicted octanol–water partition coefficient (Wildman–Crippen LogP) is 0.705. The molecule has 0 aliphatic carbocycles. The van der Waals surface area contributed by atoms with Crippen LogP contribution >= 0.6 is 12.2 Å². The second-order valence-electron chi connectivity index (χ2n) is 4.31. The van der Waals surface area contributed by atoms with Crippen LogP contribution in [0.3, 0.4) is 0 Å². The van der Waals surface area contributed by atoms with Gasteiger partial charge in [0.05, 0.1) is 11.0 Å². The number of rotatable bonds is 4. The van der Waals surface area contributed by atoms with E-state index in [2.05, 4.69) is 10.3 Å². The van der Waals surface area contributed by atoms with Gasteiger partial charge in [-0.3, -0.25) is 0 Å². The number of hydrogen-bond donors (Lipinski definition) is 2. The molecule has 1 aliphatic rings. The Hall–Kier alpha value is -1.21. The quantitative estimate of drug-likeness (QED) is 0.792. The zero-order valence-corrected chi connectivity index (χ0v) is 11.4. The Kier molecular flexibility index (Phi) is 3.82. The Bertz CT molecular complexity index is 540. The van der Waals surface area contributed by atoms with Crippen LogP contribution < -0.4 is 11.1 Å². The Morgan fingerprint density at radius 3 is 2.83 bits per heavy atom. The lowest BCUT2D eigenvalue weighted by Crippen LogP contribution is -2.25. The number of hydrogen-bond acceptors (Lipinski definition) is 5. The van der Waals surface area contributed by atoms with Crippen LogP contribution in [0.1, 0.15) is 18.4 Å². The van der Waals surface area contributed by atoms with Crippen molar-refractivity contribution in [2.45, 2.75) is 18.1 Å². The molecule has 1 aromatic heterocycles. The molecule has 5 nitrogen and oxygen atoms in total. The highest BCUT2D eigenvalue weighted by Crippen LogP contribution is 2.20. The van der Waals surface area contributed by atoms with Crippen molar-refractivity contribution < 1.29 is 8.42 Å². The molecule has 1 aromatic rings. The highest BCUT2D eigenvalue weighted by atomic mass is 32.2. The molecule has 98 valence electrons. The van der Waals surface area contributed by atoms with Gasteiger partial charge in [-0.15, -0.1) is 0 Å². The van der Waals surface area contributed by atoms with Gasteiger partial charge < -0.3 is 11.1 Å². The van der Waals surface area contributed by atoms with Gasteiger partial charge in [-0.1, -0.05) is 12.2 Å². The zero-order valence-electron chi connectivity index (χ0n) is 9.80. The summed E-state index contributed by atoms with van der Waals surface area (Å²) in [5.74, 6) is 0.935. The number of aromatic nitrogens is 1. The maximum atomic E-state index is 11.6. The highest BCUT2D eigenvalue weighted by Gasteiger charge is 2.30. The van der Waals surface area contributed by atoms with Crippen molar-refractivity contribution in [3.05, 3.63) is 23.9 Å². The Morgan fingerprint density at radius 1 is 1.56 bits per heavy atom. The molecule has 2 heterocycles. The molecule has 0 radical (unpaired) electrons. The smallest absolute Gasteiger partial charge is 0.154 e. The molecule has 1 unspecified atom stereocenters. The maximum absolute atomic E-state index is 11.6. The average molecular weight is 285 g/mol. The highest BCUT2D eigenvalue weighted by molar-refractivity contribution is 7.92. The van der Waals surface area contributed by atoms with Gasteiger partial charge in [-0.25, -0.2) is 13.4 Å². The van der Waals surface area contributed by atoms with E-state index in [1.54, 1.807) is 18.3 Å². The molecule has 1 saturated heterocycles. The second-order valence-corrected chi connectivity index (χ2v) is 7.15. The number of pyridine rings is 1. The van der Waals surface area contributed by atoms with Gasteiger partial charge in [0.2, 0.25) is 0 Å². The predicted molar refractivity (Wildman–Crippen MR) is 75.4 cm³/mol. The molecule has 7 heteroatoms. The van der Waals surface area contributed by atoms with E-state index in [-0.39, 0.29) is 5.25 Å². The van der Waals surface area contributed by atoms with E-state index < -0.39 is 9.84 Å². The zero-order chi connectivity index (χ0) is 13.2. The summed E-state index contributed by atoms with van der Waals surface area (Å²) in [5, 5.41) is 2.74. The summed E-state index contributed by atoms with van der Waals surface area (Å²) in [6.07, 6.45) is 3.05. The molecule has 3 N–H and O–H groups in total. The first-order chi connectivity index (χ1) is 8.49. The molecule has 0 amide bonds. The van der Waals surface area contributed by atoms with Gasteiger partial charge in [-0.2, -0.15) is 0 Å². The summed E-state index contributed by atoms with van der Waals surface area (Å²) in [5.41, 5.74) is 6.16. The van der Waals surface area contributed by atoms with Crippen molar-refractivity contribution in [3.8, 4) is 0 Å². The van der Waals surface area contributed by atoms with Crippen LogP contribution in [0.25, 0.3) is 0 Å². The minimum Gasteiger partial charge on any atom is -0.389 e. The van der Waals surface area contributed by atoms with Gasteiger partial charge in [0.25, 0.3) is 0 Å². The van der Waals surface area contributed by atoms with Gasteiger partial charge in [0.1, 0.15) is 10.8 Å². The van der Waals surface area contributed by atoms with E-state index in [1.165, 1.54) is 0 Å². The van der Waals surface area contributed by atoms with Crippen LogP contribution in [0.4, 0.5) is 5.82 Å². The van der Waals surface area contributed by atoms with Crippen molar-refractivity contribution in [2.24, 2.45) is 5.73 Å². The van der Waals surface area contributed by atoms with Crippen LogP contribution in [0, 0.1) is 0 Å². The first-order valence-corrected chi connectivity index (χ1v) is 7.83. The molecule has 2 rings (SSSR count). The summed E-state index contributed by atoms with van der Waals surface area (Å²) in [6, 6.07) is 3.51. The van der Waals surface area contributed by atoms with Crippen molar-refractivity contribution in [3.63, 3.8) is 0 Å². The molecule has 0 spiro atoms. The third-order valence-electron chi connectivity index (χ3n) is 3.02. The normalized spacial score (nSPS) is 21.7. The van der Waals surface area contributed by atoms with E-state index in [4.69, 9.17) is 18.0 Å². The average Bonchev–Trinajstić information content (AvgIpc) is 2.66. The fraction of sp³-hybridized carbons (Fsp3) is 0.455. The van der Waals surface area contributed by atoms with Crippen molar-refractivity contribution in [1.82, 2.24) is 4.98 Å². The van der Waals surface area contributed by atoms with E-state index in [9.17, 15) is 8.42 Å². The van der Waals surface area contributed by atoms with Crippen LogP contribution in [0.2, 0.25) is 0 Å². The van der Waals surface area contributed by atoms with E-state index in [1.807, 2.05) is 0 Å². The van der Waals surface area contributed by atoms with Gasteiger partial charge >= 0.3 is 0 Å². The molecule has 1 atom stereocenters. The van der Waals surface area contributed by atoms with Crippen LogP contribution in [0.5, 0.6) is 0 Å². The van der Waals surface area contributed by atoms with Crippen molar-refractivity contribution >= 4 is 32.9 Å². The van der Waals surface area contributed by atoms with Gasteiger partial charge in [-0.05, 0) is 25.0 Å². The number of anilines is 1. The number of sulfone groups is 1. The standard InChI is InChI=1S/C11H15N3O2S2/c12-11(17)8-3-4-10(13-6-8)14-7-9-2-1-5-18(9,15)16/h3-4,6,9H,1-2,5,7H2,(H2,12,17)(H,13,14). The summed E-state index contributed by atoms with van der Waals surface area (Å²) in [7, 11) is -2.91. The fourth-order valence-electron chi connectivity index (χ4n) is 1.95. The monoisotopic (exact) mass is 285 g/mol. The minimum atomic E-state index is -2.91. The SMILES string of the molecule is NC(=S)c1ccc(NCC2CCCS2(=O)=O)nc1. The summed E-state index contributed by atoms with van der Waals surface area (Å²) in [6.45, 7) is 0.405. The van der Waals surface area contributed by atoms with Gasteiger partial charge in [0.15, 0.2) is 9.84 Å². The summed E-state index contributed by atoms with van der Waals surface area (Å²) in [4.78, 5) is 4.43. The third kappa shape index (κ3) is 2.97. The number of nitrogens with one attached hydrogen (secondary N) is 1. The number of nitrogens with two attached hydrogens (primary N) is 1. The largest absolute Gasteiger partial charge is 0.389 e. The van der Waals surface area contributed by atoms with Crippen molar-refractivity contribution in [1.29, 1.82) is 0 Å². The summed E-state index contributed by atoms with van der Waals surface area (Å²) >= 11 is 4.83. The Balaban J connectivity index is 1.96. The molecule has 18 heavy (non-hydrogen) atoms. The molecule has 0 bridgehead atoms. The maximum Gasteiger partial charge on any atom is 0.154 e. The Morgan fingerprint density at radius 2 is 2.33 bits per heavy atom. The second kappa shape index (κ2) is 5.19. The molecule has 1 fully saturated rings. The minimum absolute atomic E-state index is 0.297. The van der Waals surface area contributed by atoms with Crippen LogP contribution in [-0.2, 0) is 9.84 Å². The topological polar surface area (TPSA) is 85.1 Å². The molecule has 0 aromatic carbocycles. The Labute approximate surface area is 112 Å². The summed E-state index contributed by atoms with van der Waals surface area (Å²) < 4.78 is 23.3. The van der Waals surface area contributed by atoms with Crippen LogP contribution in [-0.4, -0.2) is 35.9 Å². The van der Waals surface area contributed by atoms with E-state index in [0.29, 0.717) is 28.7 Å².